The molecule has 7 nitrogen and oxygen atoms in total. The van der Waals surface area contributed by atoms with E-state index < -0.39 is 5.41 Å². The minimum absolute atomic E-state index is 0.00666. The number of rotatable bonds is 20. The van der Waals surface area contributed by atoms with E-state index in [0.717, 1.165) is 102 Å². The van der Waals surface area contributed by atoms with Gasteiger partial charge in [-0.15, -0.1) is 0 Å². The monoisotopic (exact) mass is 1100 g/mol. The van der Waals surface area contributed by atoms with E-state index in [1.54, 1.807) is 0 Å². The van der Waals surface area contributed by atoms with Crippen LogP contribution in [0.15, 0.2) is 315 Å². The van der Waals surface area contributed by atoms with E-state index in [-0.39, 0.29) is 5.78 Å². The lowest BCUT2D eigenvalue weighted by molar-refractivity contribution is 0.103. The van der Waals surface area contributed by atoms with Crippen molar-refractivity contribution in [3.05, 3.63) is 371 Å². The van der Waals surface area contributed by atoms with Gasteiger partial charge in [-0.25, -0.2) is 0 Å². The van der Waals surface area contributed by atoms with E-state index in [2.05, 4.69) is 168 Å². The van der Waals surface area contributed by atoms with Crippen LogP contribution in [0.1, 0.15) is 60.4 Å². The van der Waals surface area contributed by atoms with Crippen molar-refractivity contribution in [1.82, 2.24) is 0 Å². The molecule has 0 spiro atoms. The highest BCUT2D eigenvalue weighted by Crippen LogP contribution is 2.52. The molecule has 0 amide bonds. The van der Waals surface area contributed by atoms with Crippen LogP contribution < -0.4 is 28.7 Å². The van der Waals surface area contributed by atoms with Gasteiger partial charge in [0.05, 0.1) is 5.41 Å². The summed E-state index contributed by atoms with van der Waals surface area (Å²) in [5, 5.41) is 0. The fraction of sp³-hybridized carbons (Fsp3) is 0.0641. The van der Waals surface area contributed by atoms with Crippen molar-refractivity contribution in [2.75, 3.05) is 9.80 Å². The van der Waals surface area contributed by atoms with E-state index >= 15 is 0 Å². The summed E-state index contributed by atoms with van der Waals surface area (Å²) in [6, 6.07) is 108. The first-order chi connectivity index (χ1) is 42.0. The molecule has 7 heteroatoms. The smallest absolute Gasteiger partial charge is 0.193 e. The Kier molecular flexibility index (Phi) is 15.5. The molecule has 0 saturated heterocycles. The van der Waals surface area contributed by atoms with E-state index in [4.69, 9.17) is 18.9 Å². The molecule has 0 bridgehead atoms. The summed E-state index contributed by atoms with van der Waals surface area (Å²) in [4.78, 5) is 19.2. The van der Waals surface area contributed by atoms with Crippen LogP contribution >= 0.6 is 0 Å². The van der Waals surface area contributed by atoms with Crippen LogP contribution in [-0.2, 0) is 31.8 Å². The number of fused-ring (bicyclic) bond motifs is 2. The van der Waals surface area contributed by atoms with Crippen molar-refractivity contribution >= 4 is 39.9 Å². The predicted octanol–water partition coefficient (Wildman–Crippen LogP) is 18.9. The maximum absolute atomic E-state index is 14.7. The number of carbonyl (C=O) groups is 1. The first-order valence-corrected chi connectivity index (χ1v) is 28.7. The zero-order chi connectivity index (χ0) is 57.2. The molecule has 0 heterocycles. The average molecular weight is 1110 g/mol. The SMILES string of the molecule is O=C1c2ccccc2C(c2ccc(N(c3ccc(OCc4ccccc4)cc3)c3ccc(OCc4ccccc4)cc3)cc2)(c2ccc(N(c3ccc(OCc4ccccc4)cc3)c3ccc(OCc4ccccc4)cc3)cc2)c2ccccc21. The van der Waals surface area contributed by atoms with Crippen molar-refractivity contribution in [1.29, 1.82) is 0 Å². The zero-order valence-corrected chi connectivity index (χ0v) is 46.8. The summed E-state index contributed by atoms with van der Waals surface area (Å²) in [6.45, 7) is 1.87. The minimum atomic E-state index is -0.904. The second kappa shape index (κ2) is 24.7. The third-order valence-corrected chi connectivity index (χ3v) is 15.6. The number of hydrogen-bond acceptors (Lipinski definition) is 7. The van der Waals surface area contributed by atoms with Crippen LogP contribution in [-0.4, -0.2) is 5.78 Å². The molecule has 13 rings (SSSR count). The zero-order valence-electron chi connectivity index (χ0n) is 46.8. The molecular formula is C78H60N2O5. The number of hydrogen-bond donors (Lipinski definition) is 0. The van der Waals surface area contributed by atoms with Gasteiger partial charge in [-0.2, -0.15) is 0 Å². The van der Waals surface area contributed by atoms with Gasteiger partial charge < -0.3 is 28.7 Å². The van der Waals surface area contributed by atoms with Crippen molar-refractivity contribution in [3.63, 3.8) is 0 Å². The Bertz CT molecular complexity index is 3700. The molecule has 85 heavy (non-hydrogen) atoms. The van der Waals surface area contributed by atoms with E-state index in [0.29, 0.717) is 37.6 Å². The van der Waals surface area contributed by atoms with Crippen molar-refractivity contribution in [2.45, 2.75) is 31.8 Å². The molecule has 0 aromatic heterocycles. The van der Waals surface area contributed by atoms with Crippen LogP contribution in [0.5, 0.6) is 23.0 Å². The predicted molar refractivity (Wildman–Crippen MR) is 341 cm³/mol. The van der Waals surface area contributed by atoms with Crippen LogP contribution in [0.2, 0.25) is 0 Å². The highest BCUT2D eigenvalue weighted by Gasteiger charge is 2.46. The number of carbonyl (C=O) groups excluding carboxylic acids is 1. The maximum atomic E-state index is 14.7. The normalized spacial score (nSPS) is 12.1. The number of anilines is 6. The van der Waals surface area contributed by atoms with Gasteiger partial charge in [-0.05, 0) is 166 Å². The largest absolute Gasteiger partial charge is 0.489 e. The standard InChI is InChI=1S/C78H60N2O5/c81-77-73-25-13-15-27-75(73)78(76-28-16-14-26-74(76)77,61-29-33-63(34-30-61)79(65-37-45-69(46-38-65)82-53-57-17-5-1-6-18-57)66-39-47-70(48-40-66)83-54-58-19-7-2-8-20-58)62-31-35-64(36-32-62)80(67-41-49-71(50-42-67)84-55-59-21-9-3-10-22-59)68-43-51-72(52-44-68)85-56-60-23-11-4-12-24-60/h1-52H,53-56H2. The van der Waals surface area contributed by atoms with Gasteiger partial charge in [0.25, 0.3) is 0 Å². The summed E-state index contributed by atoms with van der Waals surface area (Å²) in [5.41, 5.74) is 14.4. The summed E-state index contributed by atoms with van der Waals surface area (Å²) >= 11 is 0. The van der Waals surface area contributed by atoms with Gasteiger partial charge in [0.1, 0.15) is 49.4 Å². The molecule has 0 N–H and O–H groups in total. The fourth-order valence-electron chi connectivity index (χ4n) is 11.4. The third-order valence-electron chi connectivity index (χ3n) is 15.6. The van der Waals surface area contributed by atoms with Crippen molar-refractivity contribution in [3.8, 4) is 23.0 Å². The number of ketones is 1. The van der Waals surface area contributed by atoms with Gasteiger partial charge in [0.2, 0.25) is 0 Å². The summed E-state index contributed by atoms with van der Waals surface area (Å²) in [6.07, 6.45) is 0. The molecular weight excluding hydrogens is 1040 g/mol. The molecule has 0 fully saturated rings. The number of benzene rings is 12. The summed E-state index contributed by atoms with van der Waals surface area (Å²) in [7, 11) is 0. The molecule has 412 valence electrons. The van der Waals surface area contributed by atoms with Gasteiger partial charge in [0, 0.05) is 45.3 Å². The molecule has 1 aliphatic rings. The Morgan fingerprint density at radius 2 is 0.471 bits per heavy atom. The van der Waals surface area contributed by atoms with Gasteiger partial charge in [-0.1, -0.05) is 194 Å². The van der Waals surface area contributed by atoms with Crippen LogP contribution in [0.4, 0.5) is 34.1 Å². The topological polar surface area (TPSA) is 60.5 Å². The fourth-order valence-corrected chi connectivity index (χ4v) is 11.4. The number of ether oxygens (including phenoxy) is 4. The molecule has 1 aliphatic carbocycles. The molecule has 12 aromatic carbocycles. The third kappa shape index (κ3) is 11.5. The number of nitrogens with zero attached hydrogens (tertiary/aromatic N) is 2. The molecule has 0 unspecified atom stereocenters. The lowest BCUT2D eigenvalue weighted by atomic mass is 9.59. The first-order valence-electron chi connectivity index (χ1n) is 28.7. The lowest BCUT2D eigenvalue weighted by Gasteiger charge is -2.42. The van der Waals surface area contributed by atoms with Crippen LogP contribution in [0.25, 0.3) is 0 Å². The molecule has 0 saturated carbocycles. The van der Waals surface area contributed by atoms with E-state index in [1.165, 1.54) is 0 Å². The van der Waals surface area contributed by atoms with Crippen molar-refractivity contribution < 1.29 is 23.7 Å². The highest BCUT2D eigenvalue weighted by atomic mass is 16.5. The van der Waals surface area contributed by atoms with E-state index in [1.807, 2.05) is 158 Å². The highest BCUT2D eigenvalue weighted by molar-refractivity contribution is 6.14. The molecule has 0 atom stereocenters. The summed E-state index contributed by atoms with van der Waals surface area (Å²) < 4.78 is 25.1. The maximum Gasteiger partial charge on any atom is 0.193 e. The Hall–Kier alpha value is -10.9. The molecule has 0 radical (unpaired) electrons. The Labute approximate surface area is 496 Å². The average Bonchev–Trinajstić information content (AvgIpc) is 0.832. The van der Waals surface area contributed by atoms with E-state index in [9.17, 15) is 4.79 Å². The first kappa shape index (κ1) is 53.4. The van der Waals surface area contributed by atoms with Gasteiger partial charge >= 0.3 is 0 Å². The Morgan fingerprint density at radius 3 is 0.729 bits per heavy atom. The summed E-state index contributed by atoms with van der Waals surface area (Å²) in [5.74, 6) is 3.11. The second-order valence-corrected chi connectivity index (χ2v) is 21.0. The van der Waals surface area contributed by atoms with Gasteiger partial charge in [0.15, 0.2) is 5.78 Å². The molecule has 0 aliphatic heterocycles. The van der Waals surface area contributed by atoms with Crippen molar-refractivity contribution in [2.24, 2.45) is 0 Å². The Balaban J connectivity index is 0.880. The van der Waals surface area contributed by atoms with Crippen LogP contribution in [0.3, 0.4) is 0 Å². The van der Waals surface area contributed by atoms with Crippen LogP contribution in [0, 0.1) is 0 Å². The Morgan fingerprint density at radius 1 is 0.247 bits per heavy atom. The quantitative estimate of drug-likeness (QED) is 0.0753. The van der Waals surface area contributed by atoms with Gasteiger partial charge in [-0.3, -0.25) is 4.79 Å². The molecule has 12 aromatic rings. The second-order valence-electron chi connectivity index (χ2n) is 21.0. The minimum Gasteiger partial charge on any atom is -0.489 e. The lowest BCUT2D eigenvalue weighted by Crippen LogP contribution is -2.38.